The second kappa shape index (κ2) is 8.26. The topological polar surface area (TPSA) is 60.0 Å². The van der Waals surface area contributed by atoms with E-state index in [0.717, 1.165) is 28.0 Å². The minimum Gasteiger partial charge on any atom is -0.504 e. The number of nitrogens with one attached hydrogen (secondary N) is 1. The van der Waals surface area contributed by atoms with Crippen LogP contribution in [0.25, 0.3) is 28.5 Å². The Kier molecular flexibility index (Phi) is 5.43. The summed E-state index contributed by atoms with van der Waals surface area (Å²) in [7, 11) is 1.47. The molecule has 0 amide bonds. The van der Waals surface area contributed by atoms with Gasteiger partial charge in [-0.25, -0.2) is 0 Å². The number of halogens is 3. The van der Waals surface area contributed by atoms with E-state index >= 15 is 0 Å². The number of fused-ring (bicyclic) bond motifs is 5. The number of hydrogen-bond acceptors (Lipinski definition) is 5. The number of phenolic OH excluding ortho intramolecular Hbond substituents is 1. The Bertz CT molecular complexity index is 1440. The molecule has 0 saturated carbocycles. The highest BCUT2D eigenvalue weighted by atomic mass is 19.4. The molecule has 0 bridgehead atoms. The number of methoxy groups -OCH3 is 1. The van der Waals surface area contributed by atoms with E-state index in [1.54, 1.807) is 18.2 Å². The number of aromatic hydroxyl groups is 1. The molecule has 0 atom stereocenters. The van der Waals surface area contributed by atoms with Crippen LogP contribution in [0.5, 0.6) is 23.0 Å². The van der Waals surface area contributed by atoms with Crippen LogP contribution in [-0.2, 0) is 0 Å². The second-order valence-electron chi connectivity index (χ2n) is 9.31. The van der Waals surface area contributed by atoms with Crippen molar-refractivity contribution >= 4 is 23.1 Å². The molecule has 0 spiro atoms. The molecular weight excluding hydrogens is 471 g/mol. The second-order valence-corrected chi connectivity index (χ2v) is 9.31. The fraction of sp³-hybridized carbons (Fsp3) is 0.214. The van der Waals surface area contributed by atoms with Crippen LogP contribution in [0, 0.1) is 0 Å². The molecule has 0 saturated heterocycles. The molecule has 0 aromatic heterocycles. The van der Waals surface area contributed by atoms with Crippen LogP contribution in [0.4, 0.5) is 18.9 Å². The lowest BCUT2D eigenvalue weighted by Gasteiger charge is -2.35. The van der Waals surface area contributed by atoms with Crippen molar-refractivity contribution in [3.8, 4) is 34.1 Å². The summed E-state index contributed by atoms with van der Waals surface area (Å²) < 4.78 is 54.3. The summed E-state index contributed by atoms with van der Waals surface area (Å²) in [6.45, 7) is 6.13. The van der Waals surface area contributed by atoms with Crippen LogP contribution in [-0.4, -0.2) is 24.1 Å². The van der Waals surface area contributed by atoms with Crippen molar-refractivity contribution in [2.75, 3.05) is 12.4 Å². The van der Waals surface area contributed by atoms with E-state index in [1.807, 2.05) is 19.1 Å². The molecule has 0 fully saturated rings. The zero-order chi connectivity index (χ0) is 25.8. The van der Waals surface area contributed by atoms with Gasteiger partial charge in [-0.05, 0) is 68.3 Å². The van der Waals surface area contributed by atoms with Crippen molar-refractivity contribution in [3.63, 3.8) is 0 Å². The molecule has 0 unspecified atom stereocenters. The molecule has 5 rings (SSSR count). The van der Waals surface area contributed by atoms with Gasteiger partial charge in [0.1, 0.15) is 17.3 Å². The number of benzene rings is 3. The van der Waals surface area contributed by atoms with Crippen molar-refractivity contribution < 1.29 is 32.5 Å². The van der Waals surface area contributed by atoms with Gasteiger partial charge in [-0.2, -0.15) is 0 Å². The Morgan fingerprint density at radius 3 is 2.53 bits per heavy atom. The van der Waals surface area contributed by atoms with Crippen LogP contribution in [0.2, 0.25) is 0 Å². The smallest absolute Gasteiger partial charge is 0.504 e. The Balaban J connectivity index is 1.75. The van der Waals surface area contributed by atoms with Crippen LogP contribution in [0.1, 0.15) is 37.5 Å². The number of anilines is 1. The molecule has 2 aliphatic heterocycles. The van der Waals surface area contributed by atoms with E-state index in [-0.39, 0.29) is 22.8 Å². The van der Waals surface area contributed by atoms with Gasteiger partial charge >= 0.3 is 6.36 Å². The summed E-state index contributed by atoms with van der Waals surface area (Å²) >= 11 is 0. The molecule has 186 valence electrons. The number of hydrogen-bond donors (Lipinski definition) is 2. The minimum absolute atomic E-state index is 0.0283. The summed E-state index contributed by atoms with van der Waals surface area (Å²) in [5, 5.41) is 14.0. The first-order valence-electron chi connectivity index (χ1n) is 11.3. The lowest BCUT2D eigenvalue weighted by Crippen LogP contribution is -2.32. The summed E-state index contributed by atoms with van der Waals surface area (Å²) in [5.74, 6) is 0.824. The number of rotatable bonds is 3. The molecule has 5 nitrogen and oxygen atoms in total. The first-order chi connectivity index (χ1) is 17.0. The molecular formula is C28H24F3NO4. The maximum Gasteiger partial charge on any atom is 0.573 e. The average Bonchev–Trinajstić information content (AvgIpc) is 2.77. The number of phenols is 1. The molecule has 0 aliphatic carbocycles. The zero-order valence-corrected chi connectivity index (χ0v) is 20.1. The SMILES string of the molecule is COc1c(O)ccc2c1-c1ccc3c(c1/C(=C/c1cccc(OC(F)(F)F)c1)O2)C(C)=CC(C)(C)N3. The third kappa shape index (κ3) is 4.23. The van der Waals surface area contributed by atoms with Crippen molar-refractivity contribution in [2.24, 2.45) is 0 Å². The third-order valence-corrected chi connectivity index (χ3v) is 6.06. The van der Waals surface area contributed by atoms with Crippen LogP contribution in [0.15, 0.2) is 54.6 Å². The fourth-order valence-corrected chi connectivity index (χ4v) is 4.90. The molecule has 3 aromatic rings. The molecule has 2 aliphatic rings. The standard InChI is InChI=1S/C28H24F3NO4/c1-15-14-27(2,3)32-19-9-8-18-24(23(15)19)22(35-21-11-10-20(33)26(34-4)25(18)21)13-16-6-5-7-17(12-16)36-28(29,30)31/h5-14,32-33H,1-4H3/b22-13-. The molecule has 2 heterocycles. The summed E-state index contributed by atoms with van der Waals surface area (Å²) in [6, 6.07) is 12.7. The predicted molar refractivity (Wildman–Crippen MR) is 133 cm³/mol. The Hall–Kier alpha value is -4.07. The largest absolute Gasteiger partial charge is 0.573 e. The van der Waals surface area contributed by atoms with E-state index in [0.29, 0.717) is 22.6 Å². The van der Waals surface area contributed by atoms with Gasteiger partial charge < -0.3 is 24.6 Å². The fourth-order valence-electron chi connectivity index (χ4n) is 4.90. The number of allylic oxidation sites excluding steroid dienone is 1. The highest BCUT2D eigenvalue weighted by molar-refractivity contribution is 6.02. The Labute approximate surface area is 206 Å². The van der Waals surface area contributed by atoms with E-state index in [9.17, 15) is 18.3 Å². The van der Waals surface area contributed by atoms with Crippen LogP contribution >= 0.6 is 0 Å². The van der Waals surface area contributed by atoms with E-state index in [1.165, 1.54) is 31.4 Å². The van der Waals surface area contributed by atoms with E-state index in [2.05, 4.69) is 30.0 Å². The van der Waals surface area contributed by atoms with Gasteiger partial charge in [0.25, 0.3) is 0 Å². The minimum atomic E-state index is -4.79. The summed E-state index contributed by atoms with van der Waals surface area (Å²) in [4.78, 5) is 0. The molecule has 36 heavy (non-hydrogen) atoms. The maximum atomic E-state index is 12.8. The summed E-state index contributed by atoms with van der Waals surface area (Å²) in [5.41, 5.74) is 5.10. The quantitative estimate of drug-likeness (QED) is 0.395. The third-order valence-electron chi connectivity index (χ3n) is 6.06. The van der Waals surface area contributed by atoms with Gasteiger partial charge in [-0.3, -0.25) is 0 Å². The van der Waals surface area contributed by atoms with Crippen molar-refractivity contribution in [3.05, 3.63) is 71.3 Å². The average molecular weight is 495 g/mol. The van der Waals surface area contributed by atoms with Gasteiger partial charge in [-0.1, -0.05) is 24.3 Å². The highest BCUT2D eigenvalue weighted by Gasteiger charge is 2.34. The van der Waals surface area contributed by atoms with Crippen molar-refractivity contribution in [1.82, 2.24) is 0 Å². The summed E-state index contributed by atoms with van der Waals surface area (Å²) in [6.07, 6.45) is -1.01. The van der Waals surface area contributed by atoms with Gasteiger partial charge in [-0.15, -0.1) is 13.2 Å². The Morgan fingerprint density at radius 2 is 1.81 bits per heavy atom. The van der Waals surface area contributed by atoms with Gasteiger partial charge in [0.2, 0.25) is 0 Å². The highest BCUT2D eigenvalue weighted by Crippen LogP contribution is 2.54. The lowest BCUT2D eigenvalue weighted by molar-refractivity contribution is -0.274. The first-order valence-corrected chi connectivity index (χ1v) is 11.3. The Morgan fingerprint density at radius 1 is 1.03 bits per heavy atom. The molecule has 2 N–H and O–H groups in total. The number of alkyl halides is 3. The van der Waals surface area contributed by atoms with Gasteiger partial charge in [0.05, 0.1) is 18.2 Å². The zero-order valence-electron chi connectivity index (χ0n) is 20.1. The molecule has 8 heteroatoms. The maximum absolute atomic E-state index is 12.8. The molecule has 3 aromatic carbocycles. The van der Waals surface area contributed by atoms with Crippen molar-refractivity contribution in [1.29, 1.82) is 0 Å². The predicted octanol–water partition coefficient (Wildman–Crippen LogP) is 7.46. The normalized spacial score (nSPS) is 16.6. The van der Waals surface area contributed by atoms with Gasteiger partial charge in [0.15, 0.2) is 11.5 Å². The van der Waals surface area contributed by atoms with E-state index in [4.69, 9.17) is 9.47 Å². The van der Waals surface area contributed by atoms with E-state index < -0.39 is 6.36 Å². The molecule has 0 radical (unpaired) electrons. The van der Waals surface area contributed by atoms with Crippen LogP contribution in [0.3, 0.4) is 0 Å². The number of ether oxygens (including phenoxy) is 3. The van der Waals surface area contributed by atoms with Crippen molar-refractivity contribution in [2.45, 2.75) is 32.7 Å². The van der Waals surface area contributed by atoms with Crippen LogP contribution < -0.4 is 19.5 Å². The lowest BCUT2D eigenvalue weighted by atomic mass is 9.83. The van der Waals surface area contributed by atoms with Gasteiger partial charge in [0, 0.05) is 22.4 Å². The monoisotopic (exact) mass is 495 g/mol. The first kappa shape index (κ1) is 23.7.